The van der Waals surface area contributed by atoms with Crippen molar-refractivity contribution in [3.63, 3.8) is 0 Å². The van der Waals surface area contributed by atoms with Gasteiger partial charge in [0.25, 0.3) is 5.56 Å². The smallest absolute Gasteiger partial charge is 0.262 e. The Labute approximate surface area is 167 Å². The van der Waals surface area contributed by atoms with E-state index in [0.29, 0.717) is 19.0 Å². The number of nitrogens with zero attached hydrogens (tertiary/aromatic N) is 3. The topological polar surface area (TPSA) is 55.2 Å². The molecule has 5 rings (SSSR count). The predicted molar refractivity (Wildman–Crippen MR) is 111 cm³/mol. The lowest BCUT2D eigenvalue weighted by atomic mass is 9.89. The zero-order valence-electron chi connectivity index (χ0n) is 16.0. The minimum atomic E-state index is -0.0668. The molecule has 0 saturated carbocycles. The van der Waals surface area contributed by atoms with E-state index >= 15 is 0 Å². The Balaban J connectivity index is 1.42. The number of carbonyl (C=O) groups is 1. The maximum Gasteiger partial charge on any atom is 0.262 e. The molecular weight excluding hydrogens is 370 g/mol. The Kier molecular flexibility index (Phi) is 4.31. The fraction of sp³-hybridized carbons (Fsp3) is 0.409. The zero-order chi connectivity index (χ0) is 19.3. The van der Waals surface area contributed by atoms with Gasteiger partial charge in [-0.3, -0.25) is 14.2 Å². The molecule has 0 radical (unpaired) electrons. The van der Waals surface area contributed by atoms with Gasteiger partial charge in [0.05, 0.1) is 11.7 Å². The average Bonchev–Trinajstić information content (AvgIpc) is 3.07. The van der Waals surface area contributed by atoms with Gasteiger partial charge >= 0.3 is 0 Å². The van der Waals surface area contributed by atoms with Crippen molar-refractivity contribution in [3.8, 4) is 0 Å². The van der Waals surface area contributed by atoms with Crippen molar-refractivity contribution < 1.29 is 4.79 Å². The van der Waals surface area contributed by atoms with E-state index in [4.69, 9.17) is 0 Å². The predicted octanol–water partition coefficient (Wildman–Crippen LogP) is 3.17. The number of fused-ring (bicyclic) bond motifs is 4. The van der Waals surface area contributed by atoms with Gasteiger partial charge in [0.2, 0.25) is 5.91 Å². The highest BCUT2D eigenvalue weighted by Crippen LogP contribution is 2.35. The second-order valence-electron chi connectivity index (χ2n) is 8.04. The number of hydrogen-bond acceptors (Lipinski definition) is 4. The molecular formula is C22H23N3O2S. The number of amides is 1. The summed E-state index contributed by atoms with van der Waals surface area (Å²) < 4.78 is 1.50. The van der Waals surface area contributed by atoms with E-state index in [1.165, 1.54) is 26.1 Å². The minimum Gasteiger partial charge on any atom is -0.336 e. The van der Waals surface area contributed by atoms with Crippen LogP contribution in [0.3, 0.4) is 0 Å². The number of aromatic nitrogens is 2. The van der Waals surface area contributed by atoms with Gasteiger partial charge < -0.3 is 4.90 Å². The molecule has 0 N–H and O–H groups in total. The van der Waals surface area contributed by atoms with Gasteiger partial charge in [0, 0.05) is 18.0 Å². The summed E-state index contributed by atoms with van der Waals surface area (Å²) in [4.78, 5) is 34.5. The molecule has 2 aliphatic rings. The molecule has 0 spiro atoms. The minimum absolute atomic E-state index is 0.0181. The van der Waals surface area contributed by atoms with Gasteiger partial charge in [0.1, 0.15) is 11.4 Å². The van der Waals surface area contributed by atoms with Crippen LogP contribution >= 0.6 is 11.3 Å². The highest BCUT2D eigenvalue weighted by atomic mass is 32.1. The molecule has 0 fully saturated rings. The highest BCUT2D eigenvalue weighted by molar-refractivity contribution is 7.18. The summed E-state index contributed by atoms with van der Waals surface area (Å²) >= 11 is 1.65. The van der Waals surface area contributed by atoms with Crippen molar-refractivity contribution in [1.29, 1.82) is 0 Å². The maximum atomic E-state index is 13.1. The molecule has 0 bridgehead atoms. The summed E-state index contributed by atoms with van der Waals surface area (Å²) in [5.74, 6) is 0.641. The molecule has 1 unspecified atom stereocenters. The summed E-state index contributed by atoms with van der Waals surface area (Å²) in [6.07, 6.45) is 5.49. The largest absolute Gasteiger partial charge is 0.336 e. The first kappa shape index (κ1) is 17.6. The number of carbonyl (C=O) groups excluding carboxylic acids is 1. The fourth-order valence-corrected chi connectivity index (χ4v) is 5.77. The number of hydrogen-bond donors (Lipinski definition) is 0. The van der Waals surface area contributed by atoms with Crippen LogP contribution in [0.4, 0.5) is 0 Å². The van der Waals surface area contributed by atoms with Crippen LogP contribution in [0.2, 0.25) is 0 Å². The molecule has 2 aromatic heterocycles. The Morgan fingerprint density at radius 1 is 1.25 bits per heavy atom. The first-order valence-corrected chi connectivity index (χ1v) is 10.8. The van der Waals surface area contributed by atoms with Crippen molar-refractivity contribution in [3.05, 3.63) is 62.5 Å². The Morgan fingerprint density at radius 3 is 2.93 bits per heavy atom. The van der Waals surface area contributed by atoms with Gasteiger partial charge in [-0.05, 0) is 48.3 Å². The third-order valence-corrected chi connectivity index (χ3v) is 7.23. The average molecular weight is 394 g/mol. The molecule has 3 aromatic rings. The molecule has 5 nitrogen and oxygen atoms in total. The Morgan fingerprint density at radius 2 is 2.07 bits per heavy atom. The number of thiophene rings is 1. The van der Waals surface area contributed by atoms with E-state index in [1.807, 2.05) is 17.0 Å². The second-order valence-corrected chi connectivity index (χ2v) is 9.13. The monoisotopic (exact) mass is 393 g/mol. The van der Waals surface area contributed by atoms with Gasteiger partial charge in [-0.2, -0.15) is 0 Å². The van der Waals surface area contributed by atoms with E-state index in [-0.39, 0.29) is 18.0 Å². The van der Waals surface area contributed by atoms with Crippen LogP contribution in [0.5, 0.6) is 0 Å². The number of aryl methyl sites for hydroxylation is 1. The van der Waals surface area contributed by atoms with Gasteiger partial charge in [-0.1, -0.05) is 31.2 Å². The van der Waals surface area contributed by atoms with E-state index in [2.05, 4.69) is 24.0 Å². The van der Waals surface area contributed by atoms with E-state index in [9.17, 15) is 9.59 Å². The second kappa shape index (κ2) is 6.85. The van der Waals surface area contributed by atoms with E-state index in [1.54, 1.807) is 17.7 Å². The number of benzene rings is 1. The van der Waals surface area contributed by atoms with Gasteiger partial charge in [-0.15, -0.1) is 11.3 Å². The quantitative estimate of drug-likeness (QED) is 0.672. The van der Waals surface area contributed by atoms with Crippen molar-refractivity contribution in [2.24, 2.45) is 5.92 Å². The summed E-state index contributed by atoms with van der Waals surface area (Å²) in [5, 5.41) is 0.742. The molecule has 1 aromatic carbocycles. The van der Waals surface area contributed by atoms with E-state index < -0.39 is 0 Å². The highest BCUT2D eigenvalue weighted by Gasteiger charge is 2.25. The Bertz CT molecular complexity index is 1130. The van der Waals surface area contributed by atoms with Gasteiger partial charge in [0.15, 0.2) is 0 Å². The first-order chi connectivity index (χ1) is 13.6. The lowest BCUT2D eigenvalue weighted by Crippen LogP contribution is -2.39. The molecule has 144 valence electrons. The van der Waals surface area contributed by atoms with Crippen molar-refractivity contribution in [1.82, 2.24) is 14.5 Å². The SMILES string of the molecule is CC1CCc2c(sc3ncn(CC(=O)N4CCc5ccccc5C4)c(=O)c23)C1. The van der Waals surface area contributed by atoms with Crippen LogP contribution in [0.1, 0.15) is 34.9 Å². The van der Waals surface area contributed by atoms with Crippen LogP contribution in [0, 0.1) is 5.92 Å². The molecule has 6 heteroatoms. The van der Waals surface area contributed by atoms with Crippen molar-refractivity contribution >= 4 is 27.5 Å². The first-order valence-electron chi connectivity index (χ1n) is 9.94. The molecule has 28 heavy (non-hydrogen) atoms. The van der Waals surface area contributed by atoms with Crippen LogP contribution in [0.15, 0.2) is 35.4 Å². The Hall–Kier alpha value is -2.47. The lowest BCUT2D eigenvalue weighted by molar-refractivity contribution is -0.132. The normalized spacial score (nSPS) is 18.8. The molecule has 3 heterocycles. The van der Waals surface area contributed by atoms with Crippen molar-refractivity contribution in [2.45, 2.75) is 45.7 Å². The van der Waals surface area contributed by atoms with Crippen molar-refractivity contribution in [2.75, 3.05) is 6.54 Å². The summed E-state index contributed by atoms with van der Waals surface area (Å²) in [5.41, 5.74) is 3.61. The summed E-state index contributed by atoms with van der Waals surface area (Å²) in [6.45, 7) is 3.64. The summed E-state index contributed by atoms with van der Waals surface area (Å²) in [7, 11) is 0. The molecule has 0 saturated heterocycles. The van der Waals surface area contributed by atoms with Crippen LogP contribution < -0.4 is 5.56 Å². The molecule has 1 amide bonds. The van der Waals surface area contributed by atoms with Crippen LogP contribution in [-0.2, 0) is 37.1 Å². The van der Waals surface area contributed by atoms with Crippen LogP contribution in [-0.4, -0.2) is 26.9 Å². The lowest BCUT2D eigenvalue weighted by Gasteiger charge is -2.29. The zero-order valence-corrected chi connectivity index (χ0v) is 16.8. The third-order valence-electron chi connectivity index (χ3n) is 6.07. The molecule has 1 aliphatic carbocycles. The summed E-state index contributed by atoms with van der Waals surface area (Å²) in [6, 6.07) is 8.25. The molecule has 1 aliphatic heterocycles. The maximum absolute atomic E-state index is 13.1. The molecule has 1 atom stereocenters. The van der Waals surface area contributed by atoms with E-state index in [0.717, 1.165) is 35.9 Å². The third kappa shape index (κ3) is 2.96. The van der Waals surface area contributed by atoms with Crippen LogP contribution in [0.25, 0.3) is 10.2 Å². The fourth-order valence-electron chi connectivity index (χ4n) is 4.43. The standard InChI is InChI=1S/C22H23N3O2S/c1-14-6-7-17-18(10-14)28-21-20(17)22(27)25(13-23-21)12-19(26)24-9-8-15-4-2-3-5-16(15)11-24/h2-5,13-14H,6-12H2,1H3. The van der Waals surface area contributed by atoms with Gasteiger partial charge in [-0.25, -0.2) is 4.98 Å². The number of rotatable bonds is 2.